The fraction of sp³-hybridized carbons (Fsp3) is 0.0222. The van der Waals surface area contributed by atoms with E-state index in [0.29, 0.717) is 14.5 Å². The first-order valence-corrected chi connectivity index (χ1v) is 19.2. The van der Waals surface area contributed by atoms with Gasteiger partial charge in [0, 0.05) is 0 Å². The van der Waals surface area contributed by atoms with Crippen LogP contribution in [0.4, 0.5) is 0 Å². The number of nitrogens with zero attached hydrogens (tertiary/aromatic N) is 5. The number of hydrogen-bond donors (Lipinski definition) is 0. The topological polar surface area (TPSA) is 22.5 Å². The molecule has 0 amide bonds. The molecule has 0 radical (unpaired) electrons. The first kappa shape index (κ1) is 25.7. The Morgan fingerprint density at radius 1 is 0.510 bits per heavy atom. The Hall–Kier alpha value is -6.20. The molecular weight excluding hydrogens is 689 g/mol. The Labute approximate surface area is 296 Å². The Kier molecular flexibility index (Phi) is 4.23. The summed E-state index contributed by atoms with van der Waals surface area (Å²) in [6, 6.07) is 50.1. The van der Waals surface area contributed by atoms with E-state index < -0.39 is 5.66 Å². The van der Waals surface area contributed by atoms with Crippen LogP contribution in [-0.2, 0) is 5.66 Å². The fourth-order valence-electron chi connectivity index (χ4n) is 10.2. The van der Waals surface area contributed by atoms with Crippen LogP contribution in [0.2, 0.25) is 0 Å². The molecule has 0 N–H and O–H groups in total. The first-order chi connectivity index (χ1) is 25.3. The summed E-state index contributed by atoms with van der Waals surface area (Å²) in [5.74, 6) is 0. The molecule has 0 fully saturated rings. The third-order valence-corrected chi connectivity index (χ3v) is 14.4. The van der Waals surface area contributed by atoms with Crippen molar-refractivity contribution < 1.29 is 9.25 Å². The summed E-state index contributed by atoms with van der Waals surface area (Å²) < 4.78 is 15.6. The Morgan fingerprint density at radius 3 is 2.10 bits per heavy atom. The zero-order valence-electron chi connectivity index (χ0n) is 27.1. The van der Waals surface area contributed by atoms with E-state index in [1.807, 2.05) is 0 Å². The van der Waals surface area contributed by atoms with Gasteiger partial charge in [0.15, 0.2) is 0 Å². The molecule has 5 nitrogen and oxygen atoms in total. The van der Waals surface area contributed by atoms with Crippen LogP contribution in [0.15, 0.2) is 152 Å². The molecule has 6 heteroatoms. The summed E-state index contributed by atoms with van der Waals surface area (Å²) in [7, 11) is 0. The van der Waals surface area contributed by atoms with Crippen molar-refractivity contribution in [3.63, 3.8) is 0 Å². The van der Waals surface area contributed by atoms with Crippen molar-refractivity contribution >= 4 is 77.5 Å². The average molecular weight is 715 g/mol. The third-order valence-electron chi connectivity index (χ3n) is 12.0. The molecule has 8 heterocycles. The molecule has 14 rings (SSSR count). The zero-order valence-corrected chi connectivity index (χ0v) is 28.8. The number of pyridine rings is 1. The molecular formula is C45H25N5Se+2. The van der Waals surface area contributed by atoms with Gasteiger partial charge in [0.05, 0.1) is 0 Å². The minimum atomic E-state index is -0.649. The maximum atomic E-state index is 2.59. The summed E-state index contributed by atoms with van der Waals surface area (Å²) >= 11 is 0.307. The van der Waals surface area contributed by atoms with Crippen LogP contribution in [0.25, 0.3) is 91.2 Å². The molecule has 11 aromatic rings. The van der Waals surface area contributed by atoms with Crippen LogP contribution in [-0.4, -0.2) is 28.3 Å². The fourth-order valence-corrected chi connectivity index (χ4v) is 12.6. The Bertz CT molecular complexity index is 3430. The number of rotatable bonds is 1. The van der Waals surface area contributed by atoms with Crippen LogP contribution in [0.3, 0.4) is 0 Å². The van der Waals surface area contributed by atoms with Gasteiger partial charge in [0.2, 0.25) is 0 Å². The number of aromatic nitrogens is 5. The van der Waals surface area contributed by atoms with Crippen molar-refractivity contribution in [2.24, 2.45) is 0 Å². The molecule has 0 aliphatic carbocycles. The minimum absolute atomic E-state index is 0.307. The third kappa shape index (κ3) is 2.69. The molecule has 3 aliphatic heterocycles. The molecule has 0 bridgehead atoms. The van der Waals surface area contributed by atoms with Crippen molar-refractivity contribution in [3.05, 3.63) is 163 Å². The Balaban J connectivity index is 1.18. The van der Waals surface area contributed by atoms with Crippen LogP contribution >= 0.6 is 0 Å². The van der Waals surface area contributed by atoms with E-state index in [-0.39, 0.29) is 0 Å². The molecule has 0 saturated carbocycles. The number of benzene rings is 6. The van der Waals surface area contributed by atoms with Gasteiger partial charge in [-0.1, -0.05) is 24.3 Å². The van der Waals surface area contributed by atoms with Gasteiger partial charge < -0.3 is 0 Å². The van der Waals surface area contributed by atoms with Crippen molar-refractivity contribution in [3.8, 4) is 28.2 Å². The van der Waals surface area contributed by atoms with Crippen LogP contribution in [0.1, 0.15) is 11.1 Å². The van der Waals surface area contributed by atoms with Gasteiger partial charge in [-0.05, 0) is 0 Å². The van der Waals surface area contributed by atoms with E-state index in [4.69, 9.17) is 0 Å². The molecule has 1 unspecified atom stereocenters. The van der Waals surface area contributed by atoms with Crippen LogP contribution < -0.4 is 9.25 Å². The van der Waals surface area contributed by atoms with Crippen molar-refractivity contribution in [1.29, 1.82) is 0 Å². The summed E-state index contributed by atoms with van der Waals surface area (Å²) in [6.45, 7) is 0. The summed E-state index contributed by atoms with van der Waals surface area (Å²) in [5.41, 5.74) is 13.2. The van der Waals surface area contributed by atoms with E-state index in [0.717, 1.165) is 0 Å². The normalized spacial score (nSPS) is 16.3. The summed E-state index contributed by atoms with van der Waals surface area (Å²) in [6.07, 6.45) is 7.12. The summed E-state index contributed by atoms with van der Waals surface area (Å²) in [4.78, 5) is 0. The average Bonchev–Trinajstić information content (AvgIpc) is 3.98. The molecule has 51 heavy (non-hydrogen) atoms. The van der Waals surface area contributed by atoms with Gasteiger partial charge in [-0.2, -0.15) is 0 Å². The maximum absolute atomic E-state index is 2.59. The molecule has 0 saturated heterocycles. The van der Waals surface area contributed by atoms with Crippen LogP contribution in [0, 0.1) is 0 Å². The molecule has 1 spiro atoms. The molecule has 234 valence electrons. The summed E-state index contributed by atoms with van der Waals surface area (Å²) in [5, 5.41) is 7.92. The predicted octanol–water partition coefficient (Wildman–Crippen LogP) is 8.51. The van der Waals surface area contributed by atoms with Gasteiger partial charge in [-0.25, -0.2) is 0 Å². The van der Waals surface area contributed by atoms with E-state index in [1.54, 1.807) is 0 Å². The van der Waals surface area contributed by atoms with Crippen molar-refractivity contribution in [2.75, 3.05) is 0 Å². The number of fused-ring (bicyclic) bond motifs is 13. The number of hydrogen-bond acceptors (Lipinski definition) is 0. The predicted molar refractivity (Wildman–Crippen MR) is 204 cm³/mol. The Morgan fingerprint density at radius 2 is 1.22 bits per heavy atom. The second-order valence-electron chi connectivity index (χ2n) is 14.2. The molecule has 3 aliphatic rings. The number of para-hydroxylation sites is 2. The van der Waals surface area contributed by atoms with Gasteiger partial charge in [0.1, 0.15) is 0 Å². The molecule has 5 aromatic heterocycles. The van der Waals surface area contributed by atoms with E-state index in [1.165, 1.54) is 102 Å². The van der Waals surface area contributed by atoms with E-state index >= 15 is 0 Å². The van der Waals surface area contributed by atoms with E-state index in [2.05, 4.69) is 175 Å². The molecule has 6 aromatic carbocycles. The SMILES string of the molecule is c1cc2c3c(c1)-n1c4ccccc4c4ccc[n+](c41)C31c3c(ccc4c5ccccc5n-2c34)-n2cc(-c3ccc4c(c3)[se]c3ccccc34)c[n+]21. The van der Waals surface area contributed by atoms with Gasteiger partial charge in [0.25, 0.3) is 0 Å². The zero-order chi connectivity index (χ0) is 32.7. The first-order valence-electron chi connectivity index (χ1n) is 17.5. The van der Waals surface area contributed by atoms with Gasteiger partial charge in [-0.3, -0.25) is 0 Å². The van der Waals surface area contributed by atoms with Crippen LogP contribution in [0.5, 0.6) is 0 Å². The van der Waals surface area contributed by atoms with Gasteiger partial charge in [-0.15, -0.1) is 0 Å². The van der Waals surface area contributed by atoms with E-state index in [9.17, 15) is 0 Å². The van der Waals surface area contributed by atoms with Crippen molar-refractivity contribution in [1.82, 2.24) is 13.8 Å². The van der Waals surface area contributed by atoms with Gasteiger partial charge >= 0.3 is 273 Å². The second-order valence-corrected chi connectivity index (χ2v) is 16.5. The second kappa shape index (κ2) is 8.39. The van der Waals surface area contributed by atoms with Crippen molar-refractivity contribution in [2.45, 2.75) is 5.66 Å². The monoisotopic (exact) mass is 715 g/mol. The molecule has 1 atom stereocenters. The quantitative estimate of drug-likeness (QED) is 0.120. The standard InChI is InChI=1S/C45H25N5Se/c1-4-13-34-28(9-1)32-20-21-36-42-43(32)49(34)37-15-7-16-38-41(37)45(42,46-22-8-12-33-29-10-2-5-14-35(29)50(38)44(33)46)48-25-27(24-47(36)48)26-18-19-31-30-11-3-6-17-39(30)51-40(31)23-26/h1-25H/q+2.